The summed E-state index contributed by atoms with van der Waals surface area (Å²) in [5.41, 5.74) is 0. The van der Waals surface area contributed by atoms with E-state index in [9.17, 15) is 30.0 Å². The van der Waals surface area contributed by atoms with Gasteiger partial charge < -0.3 is 46.4 Å². The molecule has 0 radical (unpaired) electrons. The van der Waals surface area contributed by atoms with Crippen molar-refractivity contribution < 1.29 is 55.9 Å². The van der Waals surface area contributed by atoms with Crippen molar-refractivity contribution in [2.24, 2.45) is 0 Å². The number of carbonyl (C=O) groups is 2. The van der Waals surface area contributed by atoms with Crippen LogP contribution in [0.1, 0.15) is 70.6 Å². The number of hydrogen-bond donors (Lipinski definition) is 4. The summed E-state index contributed by atoms with van der Waals surface area (Å²) < 4.78 is 38.0. The maximum atomic E-state index is 12.4. The van der Waals surface area contributed by atoms with Crippen LogP contribution in [-0.2, 0) is 35.5 Å². The SMILES string of the molecule is C[Si](C)(CCCO)O[Si](C)(CCCCC(=O)OCCCOC(=O)CCCC[Si](C)(O[Si](C)(C)CCCO)O[Si](C)(C)CCCO)O[Si](C)(C)CCCO. The van der Waals surface area contributed by atoms with Crippen LogP contribution in [0.4, 0.5) is 0 Å². The molecule has 0 rings (SSSR count). The van der Waals surface area contributed by atoms with Gasteiger partial charge in [0, 0.05) is 45.7 Å². The minimum absolute atomic E-state index is 0.148. The molecule has 4 N–H and O–H groups in total. The van der Waals surface area contributed by atoms with Crippen LogP contribution in [0.5, 0.6) is 0 Å². The summed E-state index contributed by atoms with van der Waals surface area (Å²) in [5, 5.41) is 37.4. The van der Waals surface area contributed by atoms with Crippen molar-refractivity contribution in [1.82, 2.24) is 0 Å². The zero-order chi connectivity index (χ0) is 40.7. The van der Waals surface area contributed by atoms with E-state index in [1.165, 1.54) is 0 Å². The smallest absolute Gasteiger partial charge is 0.314 e. The van der Waals surface area contributed by atoms with Gasteiger partial charge in [0.25, 0.3) is 0 Å². The second-order valence-electron chi connectivity index (χ2n) is 17.2. The molecular weight excluding hydrogens is 781 g/mol. The molecule has 0 aliphatic carbocycles. The highest BCUT2D eigenvalue weighted by Crippen LogP contribution is 2.32. The van der Waals surface area contributed by atoms with E-state index in [1.54, 1.807) is 0 Å². The summed E-state index contributed by atoms with van der Waals surface area (Å²) in [7, 11) is -13.3. The molecule has 0 aliphatic heterocycles. The van der Waals surface area contributed by atoms with Crippen LogP contribution in [-0.4, -0.2) is 122 Å². The molecule has 0 bridgehead atoms. The molecule has 0 atom stereocenters. The number of unbranched alkanes of at least 4 members (excludes halogenated alkanes) is 2. The van der Waals surface area contributed by atoms with Gasteiger partial charge in [0.05, 0.1) is 13.2 Å². The minimum atomic E-state index is -2.55. The third kappa shape index (κ3) is 28.0. The lowest BCUT2D eigenvalue weighted by molar-refractivity contribution is -0.146. The quantitative estimate of drug-likeness (QED) is 0.0289. The molecule has 12 nitrogen and oxygen atoms in total. The van der Waals surface area contributed by atoms with E-state index in [0.29, 0.717) is 57.8 Å². The van der Waals surface area contributed by atoms with Gasteiger partial charge in [0.1, 0.15) is 0 Å². The Morgan fingerprint density at radius 1 is 0.377 bits per heavy atom. The van der Waals surface area contributed by atoms with E-state index in [4.69, 9.17) is 25.9 Å². The number of aliphatic hydroxyl groups excluding tert-OH is 4. The highest BCUT2D eigenvalue weighted by molar-refractivity contribution is 6.89. The van der Waals surface area contributed by atoms with E-state index in [2.05, 4.69) is 65.5 Å². The van der Waals surface area contributed by atoms with Gasteiger partial charge in [-0.3, -0.25) is 9.59 Å². The molecule has 0 aromatic rings. The molecule has 18 heteroatoms. The Morgan fingerprint density at radius 2 is 0.642 bits per heavy atom. The van der Waals surface area contributed by atoms with E-state index < -0.39 is 50.4 Å². The van der Waals surface area contributed by atoms with Crippen LogP contribution >= 0.6 is 0 Å². The Balaban J connectivity index is 4.69. The number of aliphatic hydroxyl groups is 4. The molecule has 0 saturated carbocycles. The highest BCUT2D eigenvalue weighted by atomic mass is 28.5. The molecule has 0 fully saturated rings. The van der Waals surface area contributed by atoms with Crippen molar-refractivity contribution in [2.75, 3.05) is 39.6 Å². The second kappa shape index (κ2) is 26.8. The van der Waals surface area contributed by atoms with Gasteiger partial charge in [0.2, 0.25) is 0 Å². The van der Waals surface area contributed by atoms with Crippen LogP contribution in [0.25, 0.3) is 0 Å². The molecule has 0 aromatic heterocycles. The van der Waals surface area contributed by atoms with Crippen molar-refractivity contribution >= 4 is 62.3 Å². The molecular formula is C35H80O12Si6. The van der Waals surface area contributed by atoms with Crippen molar-refractivity contribution in [2.45, 2.75) is 172 Å². The molecule has 0 saturated heterocycles. The lowest BCUT2D eigenvalue weighted by Crippen LogP contribution is -2.54. The number of hydrogen-bond acceptors (Lipinski definition) is 12. The number of ether oxygens (including phenoxy) is 2. The van der Waals surface area contributed by atoms with Crippen LogP contribution in [0.2, 0.25) is 102 Å². The van der Waals surface area contributed by atoms with E-state index in [-0.39, 0.29) is 51.6 Å². The molecule has 0 aliphatic rings. The Morgan fingerprint density at radius 3 is 0.887 bits per heavy atom. The first-order chi connectivity index (χ1) is 24.6. The Labute approximate surface area is 329 Å². The average molecular weight is 862 g/mol. The Bertz CT molecular complexity index is 883. The van der Waals surface area contributed by atoms with Crippen molar-refractivity contribution in [3.05, 3.63) is 0 Å². The van der Waals surface area contributed by atoms with Crippen LogP contribution in [0.3, 0.4) is 0 Å². The maximum Gasteiger partial charge on any atom is 0.314 e. The lowest BCUT2D eigenvalue weighted by atomic mass is 10.2. The van der Waals surface area contributed by atoms with Gasteiger partial charge in [-0.05, 0) is 140 Å². The zero-order valence-electron chi connectivity index (χ0n) is 35.3. The summed E-state index contributed by atoms with van der Waals surface area (Å²) in [6.07, 6.45) is 6.83. The first-order valence-electron chi connectivity index (χ1n) is 20.1. The van der Waals surface area contributed by atoms with Gasteiger partial charge >= 0.3 is 29.1 Å². The first kappa shape index (κ1) is 52.9. The van der Waals surface area contributed by atoms with Crippen LogP contribution < -0.4 is 0 Å². The van der Waals surface area contributed by atoms with Crippen LogP contribution in [0, 0.1) is 0 Å². The predicted molar refractivity (Wildman–Crippen MR) is 227 cm³/mol. The summed E-state index contributed by atoms with van der Waals surface area (Å²) in [4.78, 5) is 24.9. The Kier molecular flexibility index (Phi) is 26.7. The first-order valence-corrected chi connectivity index (χ1v) is 37.6. The fourth-order valence-corrected chi connectivity index (χ4v) is 35.7. The van der Waals surface area contributed by atoms with E-state index in [1.807, 2.05) is 0 Å². The molecule has 316 valence electrons. The minimum Gasteiger partial charge on any atom is -0.466 e. The summed E-state index contributed by atoms with van der Waals surface area (Å²) in [5.74, 6) is -0.530. The van der Waals surface area contributed by atoms with Gasteiger partial charge in [0.15, 0.2) is 33.3 Å². The van der Waals surface area contributed by atoms with Crippen LogP contribution in [0.15, 0.2) is 0 Å². The summed E-state index contributed by atoms with van der Waals surface area (Å²) in [6, 6.07) is 5.00. The molecule has 0 amide bonds. The summed E-state index contributed by atoms with van der Waals surface area (Å²) >= 11 is 0. The van der Waals surface area contributed by atoms with Gasteiger partial charge in [-0.2, -0.15) is 0 Å². The third-order valence-electron chi connectivity index (χ3n) is 9.05. The normalized spacial score (nSPS) is 13.4. The summed E-state index contributed by atoms with van der Waals surface area (Å²) in [6.45, 7) is 22.7. The molecule has 0 unspecified atom stereocenters. The van der Waals surface area contributed by atoms with Gasteiger partial charge in [-0.15, -0.1) is 0 Å². The largest absolute Gasteiger partial charge is 0.466 e. The fraction of sp³-hybridized carbons (Fsp3) is 0.943. The Hall–Kier alpha value is -0.0787. The highest BCUT2D eigenvalue weighted by Gasteiger charge is 2.44. The van der Waals surface area contributed by atoms with E-state index in [0.717, 1.165) is 49.1 Å². The average Bonchev–Trinajstić information content (AvgIpc) is 3.03. The molecule has 0 spiro atoms. The van der Waals surface area contributed by atoms with E-state index >= 15 is 0 Å². The maximum absolute atomic E-state index is 12.4. The molecule has 53 heavy (non-hydrogen) atoms. The number of esters is 2. The second-order valence-corrected chi connectivity index (χ2v) is 42.1. The zero-order valence-corrected chi connectivity index (χ0v) is 41.3. The van der Waals surface area contributed by atoms with Crippen molar-refractivity contribution in [3.8, 4) is 0 Å². The van der Waals surface area contributed by atoms with Crippen molar-refractivity contribution in [3.63, 3.8) is 0 Å². The predicted octanol–water partition coefficient (Wildman–Crippen LogP) is 7.36. The number of rotatable bonds is 34. The molecule has 0 heterocycles. The topological polar surface area (TPSA) is 170 Å². The third-order valence-corrected chi connectivity index (χ3v) is 33.6. The standard InChI is InChI=1S/C35H80O12Si6/c1-48(2,28-15-22-36)44-52(9,45-49(3,4)29-16-23-37)32-13-11-20-34(40)42-26-19-27-43-35(41)21-12-14-33-53(10,46-50(5,6)30-17-24-38)47-51(7,8)31-18-25-39/h36-39H,11-33H2,1-10H3. The fourth-order valence-electron chi connectivity index (χ4n) is 6.81. The monoisotopic (exact) mass is 860 g/mol. The molecule has 0 aromatic carbocycles. The van der Waals surface area contributed by atoms with Gasteiger partial charge in [-0.25, -0.2) is 0 Å². The van der Waals surface area contributed by atoms with Gasteiger partial charge in [-0.1, -0.05) is 12.8 Å². The number of carbonyl (C=O) groups excluding carboxylic acids is 2. The van der Waals surface area contributed by atoms with Crippen molar-refractivity contribution in [1.29, 1.82) is 0 Å². The lowest BCUT2D eigenvalue weighted by Gasteiger charge is -2.41.